The predicted octanol–water partition coefficient (Wildman–Crippen LogP) is 4.53. The number of rotatable bonds is 3. The molecule has 0 aliphatic carbocycles. The van der Waals surface area contributed by atoms with Gasteiger partial charge in [0, 0.05) is 5.02 Å². The Bertz CT molecular complexity index is 591. The van der Waals surface area contributed by atoms with Crippen molar-refractivity contribution in [1.29, 1.82) is 0 Å². The molecule has 106 valence electrons. The quantitative estimate of drug-likeness (QED) is 0.885. The van der Waals surface area contributed by atoms with Crippen molar-refractivity contribution in [3.05, 3.63) is 58.6 Å². The van der Waals surface area contributed by atoms with Crippen molar-refractivity contribution in [2.45, 2.75) is 12.6 Å². The van der Waals surface area contributed by atoms with Crippen molar-refractivity contribution in [1.82, 2.24) is 0 Å². The first-order valence-corrected chi connectivity index (χ1v) is 6.46. The van der Waals surface area contributed by atoms with Gasteiger partial charge >= 0.3 is 6.18 Å². The van der Waals surface area contributed by atoms with Crippen LogP contribution < -0.4 is 5.73 Å². The molecule has 2 aromatic rings. The molecular weight excluding hydrogens is 287 g/mol. The summed E-state index contributed by atoms with van der Waals surface area (Å²) in [5.41, 5.74) is 7.28. The van der Waals surface area contributed by atoms with Crippen LogP contribution in [0.4, 0.5) is 13.2 Å². The second kappa shape index (κ2) is 5.85. The number of benzene rings is 2. The Hall–Kier alpha value is -1.52. The highest BCUT2D eigenvalue weighted by Gasteiger charge is 2.29. The van der Waals surface area contributed by atoms with Crippen molar-refractivity contribution in [3.63, 3.8) is 0 Å². The molecule has 0 fully saturated rings. The average molecular weight is 300 g/mol. The molecule has 20 heavy (non-hydrogen) atoms. The van der Waals surface area contributed by atoms with E-state index in [0.717, 1.165) is 23.3 Å². The summed E-state index contributed by atoms with van der Waals surface area (Å²) in [6.45, 7) is 0.468. The molecule has 5 heteroatoms. The molecule has 0 saturated heterocycles. The average Bonchev–Trinajstić information content (AvgIpc) is 2.41. The van der Waals surface area contributed by atoms with Crippen LogP contribution in [-0.2, 0) is 12.6 Å². The van der Waals surface area contributed by atoms with Gasteiger partial charge in [-0.1, -0.05) is 29.8 Å². The molecule has 0 bridgehead atoms. The van der Waals surface area contributed by atoms with Crippen LogP contribution in [0.5, 0.6) is 0 Å². The summed E-state index contributed by atoms with van der Waals surface area (Å²) in [7, 11) is 0. The van der Waals surface area contributed by atoms with E-state index in [1.165, 1.54) is 12.1 Å². The zero-order valence-electron chi connectivity index (χ0n) is 10.5. The number of hydrogen-bond donors (Lipinski definition) is 1. The number of alkyl halides is 3. The fraction of sp³-hybridized carbons (Fsp3) is 0.200. The van der Waals surface area contributed by atoms with Crippen LogP contribution in [0, 0.1) is 0 Å². The SMILES string of the molecule is NCCc1cc(-c2ccc(C(F)(F)F)cc2)ccc1Cl. The first kappa shape index (κ1) is 14.9. The molecule has 0 aliphatic rings. The van der Waals surface area contributed by atoms with E-state index in [-0.39, 0.29) is 0 Å². The third-order valence-electron chi connectivity index (χ3n) is 3.00. The van der Waals surface area contributed by atoms with Gasteiger partial charge in [-0.3, -0.25) is 0 Å². The van der Waals surface area contributed by atoms with Crippen molar-refractivity contribution in [2.75, 3.05) is 6.54 Å². The Morgan fingerprint density at radius 1 is 0.950 bits per heavy atom. The molecule has 0 unspecified atom stereocenters. The van der Waals surface area contributed by atoms with E-state index in [9.17, 15) is 13.2 Å². The molecule has 0 radical (unpaired) electrons. The minimum Gasteiger partial charge on any atom is -0.330 e. The smallest absolute Gasteiger partial charge is 0.330 e. The Morgan fingerprint density at radius 3 is 2.10 bits per heavy atom. The van der Waals surface area contributed by atoms with Gasteiger partial charge in [-0.15, -0.1) is 0 Å². The maximum atomic E-state index is 12.5. The molecule has 0 spiro atoms. The van der Waals surface area contributed by atoms with Crippen LogP contribution in [0.3, 0.4) is 0 Å². The summed E-state index contributed by atoms with van der Waals surface area (Å²) < 4.78 is 37.5. The van der Waals surface area contributed by atoms with Gasteiger partial charge < -0.3 is 5.73 Å². The standard InChI is InChI=1S/C15H13ClF3N/c16-14-6-3-11(9-12(14)7-8-20)10-1-4-13(5-2-10)15(17,18)19/h1-6,9H,7-8,20H2. The lowest BCUT2D eigenvalue weighted by Gasteiger charge is -2.09. The van der Waals surface area contributed by atoms with Gasteiger partial charge in [0.25, 0.3) is 0 Å². The topological polar surface area (TPSA) is 26.0 Å². The minimum atomic E-state index is -4.32. The summed E-state index contributed by atoms with van der Waals surface area (Å²) in [6, 6.07) is 10.4. The summed E-state index contributed by atoms with van der Waals surface area (Å²) in [5.74, 6) is 0. The highest BCUT2D eigenvalue weighted by Crippen LogP contribution is 2.31. The maximum Gasteiger partial charge on any atom is 0.416 e. The van der Waals surface area contributed by atoms with Gasteiger partial charge in [-0.25, -0.2) is 0 Å². The van der Waals surface area contributed by atoms with Crippen LogP contribution in [0.25, 0.3) is 11.1 Å². The molecule has 0 amide bonds. The number of nitrogens with two attached hydrogens (primary N) is 1. The fourth-order valence-electron chi connectivity index (χ4n) is 1.95. The summed E-state index contributed by atoms with van der Waals surface area (Å²) >= 11 is 6.04. The Morgan fingerprint density at radius 2 is 1.55 bits per heavy atom. The highest BCUT2D eigenvalue weighted by molar-refractivity contribution is 6.31. The highest BCUT2D eigenvalue weighted by atomic mass is 35.5. The largest absolute Gasteiger partial charge is 0.416 e. The monoisotopic (exact) mass is 299 g/mol. The van der Waals surface area contributed by atoms with E-state index in [0.29, 0.717) is 23.6 Å². The number of hydrogen-bond acceptors (Lipinski definition) is 1. The van der Waals surface area contributed by atoms with Crippen LogP contribution >= 0.6 is 11.6 Å². The minimum absolute atomic E-state index is 0.468. The van der Waals surface area contributed by atoms with Crippen LogP contribution in [0.1, 0.15) is 11.1 Å². The lowest BCUT2D eigenvalue weighted by molar-refractivity contribution is -0.137. The Balaban J connectivity index is 2.34. The number of halogens is 4. The lowest BCUT2D eigenvalue weighted by Crippen LogP contribution is -2.04. The van der Waals surface area contributed by atoms with Gasteiger partial charge in [0.15, 0.2) is 0 Å². The molecule has 2 rings (SSSR count). The molecule has 0 aliphatic heterocycles. The van der Waals surface area contributed by atoms with Gasteiger partial charge in [0.1, 0.15) is 0 Å². The fourth-order valence-corrected chi connectivity index (χ4v) is 2.17. The Labute approximate surface area is 120 Å². The van der Waals surface area contributed by atoms with Gasteiger partial charge in [0.2, 0.25) is 0 Å². The van der Waals surface area contributed by atoms with E-state index in [4.69, 9.17) is 17.3 Å². The molecule has 2 aromatic carbocycles. The van der Waals surface area contributed by atoms with Crippen molar-refractivity contribution < 1.29 is 13.2 Å². The summed E-state index contributed by atoms with van der Waals surface area (Å²) in [4.78, 5) is 0. The molecule has 0 atom stereocenters. The van der Waals surface area contributed by atoms with Gasteiger partial charge in [0.05, 0.1) is 5.56 Å². The first-order valence-electron chi connectivity index (χ1n) is 6.08. The van der Waals surface area contributed by atoms with E-state index >= 15 is 0 Å². The third-order valence-corrected chi connectivity index (χ3v) is 3.37. The molecule has 1 nitrogen and oxygen atoms in total. The zero-order valence-corrected chi connectivity index (χ0v) is 11.3. The lowest BCUT2D eigenvalue weighted by atomic mass is 10.0. The molecular formula is C15H13ClF3N. The van der Waals surface area contributed by atoms with Crippen LogP contribution in [-0.4, -0.2) is 6.54 Å². The molecule has 0 saturated carbocycles. The maximum absolute atomic E-state index is 12.5. The predicted molar refractivity (Wildman–Crippen MR) is 74.6 cm³/mol. The van der Waals surface area contributed by atoms with Gasteiger partial charge in [-0.05, 0) is 53.9 Å². The van der Waals surface area contributed by atoms with Crippen molar-refractivity contribution >= 4 is 11.6 Å². The Kier molecular flexibility index (Phi) is 4.35. The van der Waals surface area contributed by atoms with Crippen molar-refractivity contribution in [2.24, 2.45) is 5.73 Å². The second-order valence-corrected chi connectivity index (χ2v) is 4.83. The summed E-state index contributed by atoms with van der Waals surface area (Å²) in [6.07, 6.45) is -3.68. The van der Waals surface area contributed by atoms with Crippen LogP contribution in [0.15, 0.2) is 42.5 Å². The third kappa shape index (κ3) is 3.32. The summed E-state index contributed by atoms with van der Waals surface area (Å²) in [5, 5.41) is 0.617. The molecule has 0 aromatic heterocycles. The zero-order chi connectivity index (χ0) is 14.8. The van der Waals surface area contributed by atoms with Crippen molar-refractivity contribution in [3.8, 4) is 11.1 Å². The van der Waals surface area contributed by atoms with E-state index in [1.54, 1.807) is 12.1 Å². The normalized spacial score (nSPS) is 11.7. The van der Waals surface area contributed by atoms with E-state index < -0.39 is 11.7 Å². The molecule has 0 heterocycles. The second-order valence-electron chi connectivity index (χ2n) is 4.42. The van der Waals surface area contributed by atoms with E-state index in [2.05, 4.69) is 0 Å². The van der Waals surface area contributed by atoms with Crippen LogP contribution in [0.2, 0.25) is 5.02 Å². The van der Waals surface area contributed by atoms with Gasteiger partial charge in [-0.2, -0.15) is 13.2 Å². The first-order chi connectivity index (χ1) is 9.41. The van der Waals surface area contributed by atoms with E-state index in [1.807, 2.05) is 6.07 Å². The molecule has 2 N–H and O–H groups in total.